The highest BCUT2D eigenvalue weighted by Crippen LogP contribution is 2.56. The van der Waals surface area contributed by atoms with E-state index in [1.54, 1.807) is 0 Å². The Morgan fingerprint density at radius 3 is 1.30 bits per heavy atom. The molecule has 0 N–H and O–H groups in total. The molecular weight excluding hydrogens is 1400 g/mol. The van der Waals surface area contributed by atoms with E-state index in [0.717, 1.165) is 110 Å². The third-order valence-electron chi connectivity index (χ3n) is 24.9. The molecule has 26 rings (SSSR count). The summed E-state index contributed by atoms with van der Waals surface area (Å²) in [5, 5.41) is 30.7. The van der Waals surface area contributed by atoms with Crippen LogP contribution in [0.5, 0.6) is 0 Å². The van der Waals surface area contributed by atoms with E-state index in [1.165, 1.54) is 132 Å². The third-order valence-corrected chi connectivity index (χ3v) is 27.3. The van der Waals surface area contributed by atoms with Crippen molar-refractivity contribution < 1.29 is 4.42 Å². The number of nitrogens with zero attached hydrogens (tertiary/aromatic N) is 6. The first kappa shape index (κ1) is 61.0. The summed E-state index contributed by atoms with van der Waals surface area (Å²) in [6, 6.07) is 117. The van der Waals surface area contributed by atoms with Gasteiger partial charge in [-0.2, -0.15) is 4.98 Å². The Balaban J connectivity index is 0.712. The second-order valence-corrected chi connectivity index (χ2v) is 33.0. The number of rotatable bonds is 5. The number of furan rings is 1. The summed E-state index contributed by atoms with van der Waals surface area (Å²) >= 11 is 3.66. The zero-order chi connectivity index (χ0) is 73.1. The first-order valence-electron chi connectivity index (χ1n) is 38.3. The second kappa shape index (κ2) is 22.1. The number of thiophene rings is 2. The summed E-state index contributed by atoms with van der Waals surface area (Å²) in [4.78, 5) is 23.5. The van der Waals surface area contributed by atoms with Crippen LogP contribution in [0.15, 0.2) is 320 Å². The van der Waals surface area contributed by atoms with Gasteiger partial charge in [-0.25, -0.2) is 15.0 Å². The third kappa shape index (κ3) is 8.06. The van der Waals surface area contributed by atoms with Crippen molar-refractivity contribution in [2.75, 3.05) is 0 Å². The fourth-order valence-electron chi connectivity index (χ4n) is 20.0. The Bertz CT molecular complexity index is 8610. The van der Waals surface area contributed by atoms with Crippen LogP contribution in [-0.4, -0.2) is 29.1 Å². The van der Waals surface area contributed by atoms with Gasteiger partial charge in [0.1, 0.15) is 5.58 Å². The van der Waals surface area contributed by atoms with Crippen LogP contribution in [0.4, 0.5) is 0 Å². The largest absolute Gasteiger partial charge is 0.437 e. The Morgan fingerprint density at radius 2 is 0.705 bits per heavy atom. The van der Waals surface area contributed by atoms with Gasteiger partial charge >= 0.3 is 0 Å². The molecule has 0 saturated carbocycles. The van der Waals surface area contributed by atoms with E-state index in [1.807, 2.05) is 34.8 Å². The van der Waals surface area contributed by atoms with Crippen molar-refractivity contribution in [3.05, 3.63) is 327 Å². The molecule has 0 aliphatic heterocycles. The van der Waals surface area contributed by atoms with Gasteiger partial charge in [0.25, 0.3) is 0 Å². The molecule has 0 unspecified atom stereocenters. The number of benzene rings is 18. The Morgan fingerprint density at radius 1 is 0.286 bits per heavy atom. The monoisotopic (exact) mass is 1460 g/mol. The maximum absolute atomic E-state index is 6.86. The number of fused-ring (bicyclic) bond motifs is 36. The smallest absolute Gasteiger partial charge is 0.238 e. The van der Waals surface area contributed by atoms with Gasteiger partial charge in [-0.3, -0.25) is 9.13 Å². The Hall–Kier alpha value is -14.0. The lowest BCUT2D eigenvalue weighted by Crippen LogP contribution is -2.18. The van der Waals surface area contributed by atoms with Gasteiger partial charge in [0.05, 0.1) is 44.5 Å². The average molecular weight is 1460 g/mol. The van der Waals surface area contributed by atoms with E-state index < -0.39 is 5.41 Å². The van der Waals surface area contributed by atoms with Gasteiger partial charge in [-0.1, -0.05) is 275 Å². The molecule has 0 fully saturated rings. The van der Waals surface area contributed by atoms with Crippen LogP contribution < -0.4 is 0 Å². The van der Waals surface area contributed by atoms with E-state index in [-0.39, 0.29) is 0 Å². The van der Waals surface area contributed by atoms with Gasteiger partial charge < -0.3 is 4.42 Å². The van der Waals surface area contributed by atoms with Crippen molar-refractivity contribution in [1.29, 1.82) is 0 Å². The maximum atomic E-state index is 6.86. The number of hydrogen-bond donors (Lipinski definition) is 0. The standard InChI is InChI=1S/C103H58N6OS2/c1-103(2)79-48-42-58(54-78(79)91-95(75-36-19-34-72-66-30-14-17-39-85(66)111-97(72)75)104-101(106-99(91)103)108-80-49-43-55-21-3-5-23-59(55)89(80)93-82(108)51-46-69-63-27-8-7-25-61(63)62-26-11-12-32-68(62)87(69)93)57-41-45-71-77(53-57)65-29-10-9-28-64(65)70-47-52-83-94(88(70)71)90-60-24-6-4-22-56(60)44-50-81(90)109(83)102-105-96(92-74-33-13-16-38-84(74)110-100(92)107-102)76-37-20-35-73-67-31-15-18-40-86(67)112-98(73)76/h3-54H,1-2H3. The van der Waals surface area contributed by atoms with Crippen molar-refractivity contribution in [2.45, 2.75) is 19.3 Å². The molecule has 518 valence electrons. The molecule has 9 heteroatoms. The Kier molecular flexibility index (Phi) is 12.1. The van der Waals surface area contributed by atoms with E-state index in [0.29, 0.717) is 17.6 Å². The lowest BCUT2D eigenvalue weighted by atomic mass is 9.84. The van der Waals surface area contributed by atoms with Gasteiger partial charge in [0, 0.05) is 100 Å². The summed E-state index contributed by atoms with van der Waals surface area (Å²) in [5.41, 5.74) is 15.5. The predicted octanol–water partition coefficient (Wildman–Crippen LogP) is 28.6. The summed E-state index contributed by atoms with van der Waals surface area (Å²) in [6.07, 6.45) is 0. The zero-order valence-corrected chi connectivity index (χ0v) is 62.1. The van der Waals surface area contributed by atoms with Crippen LogP contribution in [0, 0.1) is 0 Å². The topological polar surface area (TPSA) is 74.6 Å². The van der Waals surface area contributed by atoms with Crippen LogP contribution in [0.2, 0.25) is 0 Å². The van der Waals surface area contributed by atoms with Gasteiger partial charge in [0.2, 0.25) is 17.6 Å². The van der Waals surface area contributed by atoms with Crippen LogP contribution in [0.1, 0.15) is 25.1 Å². The van der Waals surface area contributed by atoms with Crippen molar-refractivity contribution >= 4 is 215 Å². The highest BCUT2D eigenvalue weighted by Gasteiger charge is 2.41. The molecule has 0 spiro atoms. The molecule has 0 radical (unpaired) electrons. The van der Waals surface area contributed by atoms with E-state index in [2.05, 4.69) is 326 Å². The van der Waals surface area contributed by atoms with Crippen molar-refractivity contribution in [3.8, 4) is 56.7 Å². The first-order chi connectivity index (χ1) is 55.3. The molecule has 1 aliphatic carbocycles. The summed E-state index contributed by atoms with van der Waals surface area (Å²) in [7, 11) is 0. The predicted molar refractivity (Wildman–Crippen MR) is 473 cm³/mol. The molecule has 7 aromatic heterocycles. The molecule has 0 amide bonds. The lowest BCUT2D eigenvalue weighted by molar-refractivity contribution is 0.632. The van der Waals surface area contributed by atoms with Crippen molar-refractivity contribution in [2.24, 2.45) is 0 Å². The van der Waals surface area contributed by atoms with E-state index in [4.69, 9.17) is 24.4 Å². The molecule has 1 aliphatic rings. The van der Waals surface area contributed by atoms with Gasteiger partial charge in [-0.15, -0.1) is 22.7 Å². The van der Waals surface area contributed by atoms with Crippen LogP contribution in [0.25, 0.3) is 249 Å². The molecule has 112 heavy (non-hydrogen) atoms. The maximum Gasteiger partial charge on any atom is 0.238 e. The Labute approximate surface area is 646 Å². The number of aromatic nitrogens is 6. The molecule has 0 atom stereocenters. The number of para-hydroxylation sites is 1. The fourth-order valence-corrected chi connectivity index (χ4v) is 22.4. The lowest BCUT2D eigenvalue weighted by Gasteiger charge is -2.22. The normalized spacial score (nSPS) is 13.2. The minimum atomic E-state index is -0.540. The minimum Gasteiger partial charge on any atom is -0.437 e. The SMILES string of the molecule is CC1(C)c2ccc(-c3ccc4c(c3)c3ccccc3c3ccc5c(c34)c3c4ccccc4ccc3n5-c3nc(-c4cccc5c4sc4ccccc45)c4c(n3)oc3ccccc34)cc2-c2c(-c3cccc4c3sc3ccccc34)nc(-n3c4ccc5ccccc5c4c4c5c6ccccc6c6ccccc6c5ccc43)nc21. The highest BCUT2D eigenvalue weighted by molar-refractivity contribution is 7.26. The quantitative estimate of drug-likeness (QED) is 0.161. The van der Waals surface area contributed by atoms with Crippen LogP contribution in [-0.2, 0) is 5.41 Å². The first-order valence-corrected chi connectivity index (χ1v) is 40.0. The molecule has 18 aromatic carbocycles. The van der Waals surface area contributed by atoms with Crippen molar-refractivity contribution in [1.82, 2.24) is 29.1 Å². The van der Waals surface area contributed by atoms with E-state index >= 15 is 0 Å². The molecule has 7 heterocycles. The summed E-state index contributed by atoms with van der Waals surface area (Å²) < 4.78 is 16.4. The summed E-state index contributed by atoms with van der Waals surface area (Å²) in [6.45, 7) is 4.73. The van der Waals surface area contributed by atoms with Crippen molar-refractivity contribution in [3.63, 3.8) is 0 Å². The molecule has 0 bridgehead atoms. The molecule has 0 saturated heterocycles. The molecule has 7 nitrogen and oxygen atoms in total. The van der Waals surface area contributed by atoms with Crippen LogP contribution >= 0.6 is 22.7 Å². The highest BCUT2D eigenvalue weighted by atomic mass is 32.1. The van der Waals surface area contributed by atoms with Crippen LogP contribution in [0.3, 0.4) is 0 Å². The zero-order valence-electron chi connectivity index (χ0n) is 60.4. The minimum absolute atomic E-state index is 0.540. The fraction of sp³-hybridized carbons (Fsp3) is 0.0291. The average Bonchev–Trinajstić information content (AvgIpc) is 0.997. The number of hydrogen-bond acceptors (Lipinski definition) is 7. The molecule has 25 aromatic rings. The van der Waals surface area contributed by atoms with Gasteiger partial charge in [0.15, 0.2) is 0 Å². The summed E-state index contributed by atoms with van der Waals surface area (Å²) in [5.74, 6) is 1.20. The van der Waals surface area contributed by atoms with Gasteiger partial charge in [-0.05, 0) is 152 Å². The molecular formula is C103H58N6OS2. The second-order valence-electron chi connectivity index (χ2n) is 30.9. The van der Waals surface area contributed by atoms with E-state index in [9.17, 15) is 0 Å².